The highest BCUT2D eigenvalue weighted by Gasteiger charge is 2.18. The highest BCUT2D eigenvalue weighted by atomic mass is 16.1. The summed E-state index contributed by atoms with van der Waals surface area (Å²) in [6, 6.07) is 0.0173. The molecule has 0 aromatic carbocycles. The second-order valence-electron chi connectivity index (χ2n) is 5.46. The second-order valence-corrected chi connectivity index (χ2v) is 5.46. The van der Waals surface area contributed by atoms with Gasteiger partial charge in [0.25, 0.3) is 0 Å². The van der Waals surface area contributed by atoms with Crippen LogP contribution in [0.5, 0.6) is 0 Å². The van der Waals surface area contributed by atoms with E-state index in [1.807, 2.05) is 7.05 Å². The zero-order valence-electron chi connectivity index (χ0n) is 14.6. The summed E-state index contributed by atoms with van der Waals surface area (Å²) in [4.78, 5) is 11.3. The fraction of sp³-hybridized carbons (Fsp3) is 0.526. The number of amides is 1. The largest absolute Gasteiger partial charge is 0.351 e. The van der Waals surface area contributed by atoms with Gasteiger partial charge in [0, 0.05) is 12.6 Å². The molecule has 2 N–H and O–H groups in total. The molecule has 0 aliphatic rings. The molecule has 3 nitrogen and oxygen atoms in total. The van der Waals surface area contributed by atoms with Crippen LogP contribution >= 0.6 is 0 Å². The molecule has 2 atom stereocenters. The molecule has 2 unspecified atom stereocenters. The minimum atomic E-state index is -0.162. The van der Waals surface area contributed by atoms with Crippen LogP contribution in [-0.2, 0) is 4.79 Å². The van der Waals surface area contributed by atoms with E-state index in [9.17, 15) is 4.79 Å². The lowest BCUT2D eigenvalue weighted by Crippen LogP contribution is -2.40. The van der Waals surface area contributed by atoms with Crippen molar-refractivity contribution in [3.8, 4) is 0 Å². The topological polar surface area (TPSA) is 41.1 Å². The van der Waals surface area contributed by atoms with Gasteiger partial charge in [-0.2, -0.15) is 0 Å². The van der Waals surface area contributed by atoms with Crippen molar-refractivity contribution in [2.24, 2.45) is 5.92 Å². The Hall–Kier alpha value is -1.61. The maximum absolute atomic E-state index is 11.3. The summed E-state index contributed by atoms with van der Waals surface area (Å²) in [5, 5.41) is 6.06. The van der Waals surface area contributed by atoms with Crippen LogP contribution in [0.25, 0.3) is 0 Å². The highest BCUT2D eigenvalue weighted by molar-refractivity contribution is 5.86. The predicted molar refractivity (Wildman–Crippen MR) is 96.8 cm³/mol. The molecular formula is C19H32N2O. The number of hydrogen-bond donors (Lipinski definition) is 2. The maximum atomic E-state index is 11.3. The van der Waals surface area contributed by atoms with Gasteiger partial charge in [-0.1, -0.05) is 58.6 Å². The zero-order chi connectivity index (χ0) is 17.0. The van der Waals surface area contributed by atoms with Gasteiger partial charge in [0.1, 0.15) is 0 Å². The Morgan fingerprint density at radius 1 is 1.32 bits per heavy atom. The van der Waals surface area contributed by atoms with Crippen LogP contribution in [0.4, 0.5) is 0 Å². The van der Waals surface area contributed by atoms with Crippen molar-refractivity contribution in [2.45, 2.75) is 46.1 Å². The van der Waals surface area contributed by atoms with Gasteiger partial charge >= 0.3 is 0 Å². The average Bonchev–Trinajstić information content (AvgIpc) is 2.54. The number of nitrogens with one attached hydrogen (secondary N) is 2. The van der Waals surface area contributed by atoms with Gasteiger partial charge in [-0.05, 0) is 43.0 Å². The fourth-order valence-corrected chi connectivity index (χ4v) is 2.12. The van der Waals surface area contributed by atoms with E-state index in [2.05, 4.69) is 62.8 Å². The summed E-state index contributed by atoms with van der Waals surface area (Å²) in [5.74, 6) is 0.273. The molecule has 0 aliphatic heterocycles. The molecule has 124 valence electrons. The average molecular weight is 304 g/mol. The zero-order valence-corrected chi connectivity index (χ0v) is 14.6. The quantitative estimate of drug-likeness (QED) is 0.451. The van der Waals surface area contributed by atoms with Crippen molar-refractivity contribution in [1.29, 1.82) is 0 Å². The lowest BCUT2D eigenvalue weighted by Gasteiger charge is -2.24. The van der Waals surface area contributed by atoms with Gasteiger partial charge in [0.15, 0.2) is 0 Å². The molecule has 0 aromatic rings. The molecule has 0 saturated carbocycles. The van der Waals surface area contributed by atoms with E-state index in [0.717, 1.165) is 24.8 Å². The van der Waals surface area contributed by atoms with Gasteiger partial charge in [-0.15, -0.1) is 0 Å². The molecule has 0 aromatic heterocycles. The van der Waals surface area contributed by atoms with Gasteiger partial charge in [-0.3, -0.25) is 4.79 Å². The van der Waals surface area contributed by atoms with Crippen molar-refractivity contribution in [1.82, 2.24) is 10.6 Å². The SMILES string of the molecule is C=CC(=O)NCC(NC)C(=C)/C(=C\C=C/CCC)C(C)CC. The summed E-state index contributed by atoms with van der Waals surface area (Å²) < 4.78 is 0. The Bertz CT molecular complexity index is 421. The number of rotatable bonds is 11. The number of hydrogen-bond acceptors (Lipinski definition) is 2. The second kappa shape index (κ2) is 12.0. The Kier molecular flexibility index (Phi) is 11.1. The minimum absolute atomic E-state index is 0.0173. The van der Waals surface area contributed by atoms with Crippen molar-refractivity contribution in [2.75, 3.05) is 13.6 Å². The van der Waals surface area contributed by atoms with Crippen molar-refractivity contribution < 1.29 is 4.79 Å². The van der Waals surface area contributed by atoms with Gasteiger partial charge < -0.3 is 10.6 Å². The van der Waals surface area contributed by atoms with Crippen molar-refractivity contribution in [3.05, 3.63) is 48.6 Å². The first kappa shape index (κ1) is 20.4. The molecule has 1 amide bonds. The van der Waals surface area contributed by atoms with Gasteiger partial charge in [-0.25, -0.2) is 0 Å². The Balaban J connectivity index is 5.05. The monoisotopic (exact) mass is 304 g/mol. The van der Waals surface area contributed by atoms with Crippen LogP contribution in [0, 0.1) is 5.92 Å². The van der Waals surface area contributed by atoms with Crippen LogP contribution in [0.1, 0.15) is 40.0 Å². The molecule has 0 saturated heterocycles. The van der Waals surface area contributed by atoms with Crippen molar-refractivity contribution in [3.63, 3.8) is 0 Å². The smallest absolute Gasteiger partial charge is 0.243 e. The normalized spacial score (nSPS) is 14.6. The fourth-order valence-electron chi connectivity index (χ4n) is 2.12. The van der Waals surface area contributed by atoms with E-state index in [-0.39, 0.29) is 11.9 Å². The third-order valence-corrected chi connectivity index (χ3v) is 3.82. The Labute approximate surface area is 136 Å². The van der Waals surface area contributed by atoms with E-state index in [1.54, 1.807) is 0 Å². The first-order chi connectivity index (χ1) is 10.5. The molecule has 0 spiro atoms. The lowest BCUT2D eigenvalue weighted by atomic mass is 9.88. The first-order valence-corrected chi connectivity index (χ1v) is 8.15. The van der Waals surface area contributed by atoms with E-state index in [1.165, 1.54) is 11.6 Å². The van der Waals surface area contributed by atoms with Crippen LogP contribution in [0.3, 0.4) is 0 Å². The highest BCUT2D eigenvalue weighted by Crippen LogP contribution is 2.24. The number of carbonyl (C=O) groups is 1. The summed E-state index contributed by atoms with van der Waals surface area (Å²) in [6.45, 7) is 14.8. The van der Waals surface area contributed by atoms with Crippen LogP contribution in [0.2, 0.25) is 0 Å². The molecule has 0 radical (unpaired) electrons. The minimum Gasteiger partial charge on any atom is -0.351 e. The number of carbonyl (C=O) groups excluding carboxylic acids is 1. The molecule has 0 heterocycles. The van der Waals surface area contributed by atoms with Crippen LogP contribution < -0.4 is 10.6 Å². The van der Waals surface area contributed by atoms with Gasteiger partial charge in [0.05, 0.1) is 0 Å². The molecule has 3 heteroatoms. The summed E-state index contributed by atoms with van der Waals surface area (Å²) in [7, 11) is 1.89. The molecule has 0 fully saturated rings. The number of allylic oxidation sites excluding steroid dienone is 3. The van der Waals surface area contributed by atoms with E-state index in [4.69, 9.17) is 0 Å². The van der Waals surface area contributed by atoms with Crippen LogP contribution in [0.15, 0.2) is 48.6 Å². The molecule has 22 heavy (non-hydrogen) atoms. The predicted octanol–water partition coefficient (Wildman–Crippen LogP) is 3.76. The Morgan fingerprint density at radius 3 is 2.50 bits per heavy atom. The first-order valence-electron chi connectivity index (χ1n) is 8.15. The third-order valence-electron chi connectivity index (χ3n) is 3.82. The van der Waals surface area contributed by atoms with Gasteiger partial charge in [0.2, 0.25) is 5.91 Å². The van der Waals surface area contributed by atoms with Crippen LogP contribution in [-0.4, -0.2) is 25.5 Å². The van der Waals surface area contributed by atoms with E-state index >= 15 is 0 Å². The number of unbranched alkanes of at least 4 members (excludes halogenated alkanes) is 1. The van der Waals surface area contributed by atoms with E-state index in [0.29, 0.717) is 12.5 Å². The lowest BCUT2D eigenvalue weighted by molar-refractivity contribution is -0.116. The molecule has 0 aliphatic carbocycles. The molecular weight excluding hydrogens is 272 g/mol. The van der Waals surface area contributed by atoms with Crippen molar-refractivity contribution >= 4 is 5.91 Å². The standard InChI is InChI=1S/C19H32N2O/c1-7-10-11-12-13-17(15(4)8-2)16(5)18(20-6)14-21-19(22)9-3/h9,11-13,15,18,20H,3,5,7-8,10,14H2,1-2,4,6H3,(H,21,22)/b12-11-,17-13-. The summed E-state index contributed by atoms with van der Waals surface area (Å²) in [5.41, 5.74) is 2.27. The third kappa shape index (κ3) is 7.41. The summed E-state index contributed by atoms with van der Waals surface area (Å²) in [6.07, 6.45) is 11.0. The van der Waals surface area contributed by atoms with E-state index < -0.39 is 0 Å². The molecule has 0 bridgehead atoms. The number of likely N-dealkylation sites (N-methyl/N-ethyl adjacent to an activating group) is 1. The summed E-state index contributed by atoms with van der Waals surface area (Å²) >= 11 is 0. The molecule has 0 rings (SSSR count). The Morgan fingerprint density at radius 2 is 2.00 bits per heavy atom. The maximum Gasteiger partial charge on any atom is 0.243 e.